The molecule has 1 heterocycles. The van der Waals surface area contributed by atoms with Gasteiger partial charge in [0, 0.05) is 23.7 Å². The van der Waals surface area contributed by atoms with E-state index in [1.165, 1.54) is 0 Å². The lowest BCUT2D eigenvalue weighted by atomic mass is 9.84. The van der Waals surface area contributed by atoms with Crippen LogP contribution in [0.5, 0.6) is 0 Å². The fraction of sp³-hybridized carbons (Fsp3) is 1.00. The van der Waals surface area contributed by atoms with Gasteiger partial charge in [0.1, 0.15) is 0 Å². The number of hydrogen-bond acceptors (Lipinski definition) is 3. The van der Waals surface area contributed by atoms with Crippen molar-refractivity contribution in [2.45, 2.75) is 91.9 Å². The van der Waals surface area contributed by atoms with Crippen molar-refractivity contribution in [3.8, 4) is 0 Å². The van der Waals surface area contributed by atoms with Crippen molar-refractivity contribution < 1.29 is 84.1 Å². The van der Waals surface area contributed by atoms with Gasteiger partial charge in [-0.2, -0.15) is 86.4 Å². The van der Waals surface area contributed by atoms with E-state index in [4.69, 9.17) is 9.47 Å². The van der Waals surface area contributed by atoms with Crippen LogP contribution >= 0.6 is 11.8 Å². The Balaban J connectivity index is 1.67. The second-order valence-corrected chi connectivity index (χ2v) is 13.0. The van der Waals surface area contributed by atoms with E-state index >= 15 is 0 Å². The molecule has 0 aromatic carbocycles. The normalized spacial score (nSPS) is 27.1. The molecule has 3 fully saturated rings. The molecule has 1 aliphatic heterocycles. The van der Waals surface area contributed by atoms with Gasteiger partial charge in [0.2, 0.25) is 0 Å². The van der Waals surface area contributed by atoms with Gasteiger partial charge >= 0.3 is 47.6 Å². The standard InChI is InChI=1S/C24H27F17O2S/c1-2-16(10-43-11-16)9-42-8-13-5-12-6-14(13)15(7-12)44-4-3-17(25,26)18(27,28)19(29,30)20(31,32)21(33,34)22(35,36)23(37,38)24(39,40)41/h12-15H,2-11H2,1H3. The maximum atomic E-state index is 14.3. The molecule has 0 radical (unpaired) electrons. The Morgan fingerprint density at radius 2 is 1.18 bits per heavy atom. The van der Waals surface area contributed by atoms with Crippen LogP contribution < -0.4 is 0 Å². The summed E-state index contributed by atoms with van der Waals surface area (Å²) in [6.45, 7) is 3.60. The molecule has 4 atom stereocenters. The molecular weight excluding hydrogens is 675 g/mol. The van der Waals surface area contributed by atoms with Crippen LogP contribution in [0.1, 0.15) is 39.0 Å². The zero-order chi connectivity index (χ0) is 34.0. The molecule has 2 bridgehead atoms. The van der Waals surface area contributed by atoms with Gasteiger partial charge in [-0.05, 0) is 49.2 Å². The summed E-state index contributed by atoms with van der Waals surface area (Å²) in [7, 11) is 0. The first-order chi connectivity index (χ1) is 19.7. The Morgan fingerprint density at radius 3 is 1.61 bits per heavy atom. The SMILES string of the molecule is CCC1(COCC2CC3CC(SCCC(F)(F)C(F)(F)C(F)(F)C(F)(F)C(F)(F)C(F)(F)C(F)(F)C(F)(F)F)C2C3)COC1. The average molecular weight is 703 g/mol. The molecule has 20 heteroatoms. The number of rotatable bonds is 15. The molecule has 0 aromatic heterocycles. The van der Waals surface area contributed by atoms with Gasteiger partial charge in [0.15, 0.2) is 0 Å². The van der Waals surface area contributed by atoms with Gasteiger partial charge in [-0.1, -0.05) is 6.92 Å². The molecule has 0 spiro atoms. The predicted octanol–water partition coefficient (Wildman–Crippen LogP) is 8.98. The highest BCUT2D eigenvalue weighted by molar-refractivity contribution is 7.99. The van der Waals surface area contributed by atoms with Crippen molar-refractivity contribution in [3.63, 3.8) is 0 Å². The first kappa shape index (κ1) is 37.5. The lowest BCUT2D eigenvalue weighted by Crippen LogP contribution is -2.74. The highest BCUT2D eigenvalue weighted by Crippen LogP contribution is 2.64. The third-order valence-electron chi connectivity index (χ3n) is 8.73. The summed E-state index contributed by atoms with van der Waals surface area (Å²) in [5.74, 6) is -57.3. The zero-order valence-electron chi connectivity index (χ0n) is 22.5. The number of halogens is 17. The minimum atomic E-state index is -8.60. The molecule has 260 valence electrons. The zero-order valence-corrected chi connectivity index (χ0v) is 23.3. The van der Waals surface area contributed by atoms with E-state index in [1.807, 2.05) is 6.92 Å². The highest BCUT2D eigenvalue weighted by atomic mass is 32.2. The quantitative estimate of drug-likeness (QED) is 0.159. The Kier molecular flexibility index (Phi) is 9.94. The van der Waals surface area contributed by atoms with Crippen molar-refractivity contribution in [1.82, 2.24) is 0 Å². The number of ether oxygens (including phenoxy) is 2. The molecule has 3 aliphatic rings. The maximum absolute atomic E-state index is 14.3. The molecule has 0 amide bonds. The second-order valence-electron chi connectivity index (χ2n) is 11.7. The molecule has 44 heavy (non-hydrogen) atoms. The molecular formula is C24H27F17O2S. The molecule has 1 saturated heterocycles. The first-order valence-electron chi connectivity index (χ1n) is 13.1. The van der Waals surface area contributed by atoms with Gasteiger partial charge in [0.05, 0.1) is 19.8 Å². The average Bonchev–Trinajstić information content (AvgIpc) is 3.44. The lowest BCUT2D eigenvalue weighted by Gasteiger charge is -2.42. The van der Waals surface area contributed by atoms with E-state index in [-0.39, 0.29) is 29.8 Å². The van der Waals surface area contributed by atoms with Gasteiger partial charge in [-0.25, -0.2) is 0 Å². The lowest BCUT2D eigenvalue weighted by molar-refractivity contribution is -0.461. The molecule has 0 aromatic rings. The third-order valence-corrected chi connectivity index (χ3v) is 10.1. The van der Waals surface area contributed by atoms with Crippen molar-refractivity contribution in [3.05, 3.63) is 0 Å². The van der Waals surface area contributed by atoms with E-state index in [0.717, 1.165) is 6.42 Å². The van der Waals surface area contributed by atoms with E-state index in [1.54, 1.807) is 0 Å². The van der Waals surface area contributed by atoms with Crippen LogP contribution in [0.25, 0.3) is 0 Å². The van der Waals surface area contributed by atoms with Crippen molar-refractivity contribution in [1.29, 1.82) is 0 Å². The monoisotopic (exact) mass is 702 g/mol. The first-order valence-corrected chi connectivity index (χ1v) is 14.2. The highest BCUT2D eigenvalue weighted by Gasteiger charge is 2.95. The Hall–Kier alpha value is -0.920. The summed E-state index contributed by atoms with van der Waals surface area (Å²) in [5.41, 5.74) is -0.138. The maximum Gasteiger partial charge on any atom is 0.460 e. The van der Waals surface area contributed by atoms with Crippen LogP contribution in [0, 0.1) is 23.2 Å². The van der Waals surface area contributed by atoms with Crippen molar-refractivity contribution in [2.24, 2.45) is 23.2 Å². The second kappa shape index (κ2) is 11.6. The van der Waals surface area contributed by atoms with E-state index in [2.05, 4.69) is 0 Å². The predicted molar refractivity (Wildman–Crippen MR) is 120 cm³/mol. The summed E-state index contributed by atoms with van der Waals surface area (Å²) in [6.07, 6.45) is -7.68. The van der Waals surface area contributed by atoms with Crippen molar-refractivity contribution in [2.75, 3.05) is 32.2 Å². The summed E-state index contributed by atoms with van der Waals surface area (Å²) < 4.78 is 240. The summed E-state index contributed by atoms with van der Waals surface area (Å²) in [4.78, 5) is 0. The van der Waals surface area contributed by atoms with E-state index in [9.17, 15) is 74.6 Å². The number of hydrogen-bond donors (Lipinski definition) is 0. The Morgan fingerprint density at radius 1 is 0.682 bits per heavy atom. The number of fused-ring (bicyclic) bond motifs is 2. The third kappa shape index (κ3) is 5.76. The number of thioether (sulfide) groups is 1. The van der Waals surface area contributed by atoms with Crippen molar-refractivity contribution >= 4 is 11.8 Å². The van der Waals surface area contributed by atoms with Crippen LogP contribution in [0.15, 0.2) is 0 Å². The Labute approximate surface area is 243 Å². The van der Waals surface area contributed by atoms with Crippen LogP contribution in [-0.2, 0) is 9.47 Å². The summed E-state index contributed by atoms with van der Waals surface area (Å²) in [5, 5.41) is -0.492. The summed E-state index contributed by atoms with van der Waals surface area (Å²) in [6, 6.07) is 0. The van der Waals surface area contributed by atoms with E-state index in [0.29, 0.717) is 50.8 Å². The van der Waals surface area contributed by atoms with Gasteiger partial charge in [-0.3, -0.25) is 0 Å². The van der Waals surface area contributed by atoms with Crippen LogP contribution in [0.3, 0.4) is 0 Å². The summed E-state index contributed by atoms with van der Waals surface area (Å²) >= 11 is 0.573. The minimum Gasteiger partial charge on any atom is -0.380 e. The molecule has 0 N–H and O–H groups in total. The molecule has 3 rings (SSSR count). The largest absolute Gasteiger partial charge is 0.460 e. The topological polar surface area (TPSA) is 18.5 Å². The van der Waals surface area contributed by atoms with Crippen LogP contribution in [-0.4, -0.2) is 85.1 Å². The molecule has 4 unspecified atom stereocenters. The molecule has 2 aliphatic carbocycles. The van der Waals surface area contributed by atoms with Gasteiger partial charge in [0.25, 0.3) is 0 Å². The minimum absolute atomic E-state index is 0.0788. The fourth-order valence-corrected chi connectivity index (χ4v) is 7.38. The smallest absolute Gasteiger partial charge is 0.380 e. The van der Waals surface area contributed by atoms with Crippen LogP contribution in [0.4, 0.5) is 74.6 Å². The number of alkyl halides is 17. The van der Waals surface area contributed by atoms with E-state index < -0.39 is 65.1 Å². The van der Waals surface area contributed by atoms with Gasteiger partial charge in [-0.15, -0.1) is 0 Å². The van der Waals surface area contributed by atoms with Gasteiger partial charge < -0.3 is 9.47 Å². The molecule has 2 saturated carbocycles. The fourth-order valence-electron chi connectivity index (χ4n) is 5.71. The van der Waals surface area contributed by atoms with Crippen LogP contribution in [0.2, 0.25) is 0 Å². The Bertz CT molecular complexity index is 1010. The molecule has 2 nitrogen and oxygen atoms in total.